The van der Waals surface area contributed by atoms with Crippen LogP contribution in [0, 0.1) is 0 Å². The fraction of sp³-hybridized carbons (Fsp3) is 0.429. The number of ether oxygens (including phenoxy) is 4. The van der Waals surface area contributed by atoms with Crippen LogP contribution in [0.1, 0.15) is 20.8 Å². The molecule has 2 aromatic carbocycles. The minimum Gasteiger partial charge on any atom is -0.491 e. The topological polar surface area (TPSA) is 62.9 Å². The summed E-state index contributed by atoms with van der Waals surface area (Å²) in [6.07, 6.45) is -0.0868. The SMILES string of the molecule is CC(COc1ccccc1)OCC(C)OCC(C)Oc1ccc(N)cc1. The van der Waals surface area contributed by atoms with Crippen LogP contribution >= 0.6 is 0 Å². The number of nitrogen functional groups attached to an aromatic ring is 1. The second-order valence-corrected chi connectivity index (χ2v) is 6.41. The Morgan fingerprint density at radius 2 is 1.27 bits per heavy atom. The van der Waals surface area contributed by atoms with Gasteiger partial charge in [0.1, 0.15) is 24.2 Å². The van der Waals surface area contributed by atoms with Crippen LogP contribution in [-0.2, 0) is 9.47 Å². The number of para-hydroxylation sites is 1. The second kappa shape index (κ2) is 10.7. The molecule has 142 valence electrons. The first-order valence-corrected chi connectivity index (χ1v) is 8.96. The minimum atomic E-state index is -0.0556. The lowest BCUT2D eigenvalue weighted by atomic mass is 10.3. The molecule has 5 nitrogen and oxygen atoms in total. The molecule has 0 saturated heterocycles. The maximum atomic E-state index is 5.80. The summed E-state index contributed by atoms with van der Waals surface area (Å²) >= 11 is 0. The quantitative estimate of drug-likeness (QED) is 0.616. The summed E-state index contributed by atoms with van der Waals surface area (Å²) in [5.74, 6) is 1.63. The summed E-state index contributed by atoms with van der Waals surface area (Å²) in [5, 5.41) is 0. The van der Waals surface area contributed by atoms with Crippen molar-refractivity contribution in [3.05, 3.63) is 54.6 Å². The van der Waals surface area contributed by atoms with Gasteiger partial charge in [0.05, 0.1) is 25.4 Å². The summed E-state index contributed by atoms with van der Waals surface area (Å²) < 4.78 is 23.1. The summed E-state index contributed by atoms with van der Waals surface area (Å²) in [6, 6.07) is 17.1. The summed E-state index contributed by atoms with van der Waals surface area (Å²) in [4.78, 5) is 0. The Morgan fingerprint density at radius 1 is 0.692 bits per heavy atom. The molecule has 0 amide bonds. The number of nitrogens with two attached hydrogens (primary N) is 1. The Morgan fingerprint density at radius 3 is 1.92 bits per heavy atom. The Balaban J connectivity index is 1.58. The summed E-state index contributed by atoms with van der Waals surface area (Å²) in [6.45, 7) is 7.45. The van der Waals surface area contributed by atoms with E-state index in [1.165, 1.54) is 0 Å². The van der Waals surface area contributed by atoms with E-state index in [0.717, 1.165) is 17.2 Å². The maximum Gasteiger partial charge on any atom is 0.119 e. The number of hydrogen-bond donors (Lipinski definition) is 1. The standard InChI is InChI=1S/C21H29NO4/c1-16(13-23-17(2)14-25-20-7-5-4-6-8-20)24-15-18(3)26-21-11-9-19(22)10-12-21/h4-12,16-18H,13-15,22H2,1-3H3. The highest BCUT2D eigenvalue weighted by Crippen LogP contribution is 2.15. The number of hydrogen-bond acceptors (Lipinski definition) is 5. The molecule has 5 heteroatoms. The van der Waals surface area contributed by atoms with Crippen LogP contribution in [0.3, 0.4) is 0 Å². The largest absolute Gasteiger partial charge is 0.491 e. The molecule has 0 bridgehead atoms. The fourth-order valence-corrected chi connectivity index (χ4v) is 2.24. The van der Waals surface area contributed by atoms with Gasteiger partial charge in [0.15, 0.2) is 0 Å². The van der Waals surface area contributed by atoms with Gasteiger partial charge in [-0.25, -0.2) is 0 Å². The monoisotopic (exact) mass is 359 g/mol. The average Bonchev–Trinajstić information content (AvgIpc) is 2.65. The summed E-state index contributed by atoms with van der Waals surface area (Å²) in [7, 11) is 0. The molecule has 26 heavy (non-hydrogen) atoms. The smallest absolute Gasteiger partial charge is 0.119 e. The zero-order valence-corrected chi connectivity index (χ0v) is 15.8. The molecular weight excluding hydrogens is 330 g/mol. The lowest BCUT2D eigenvalue weighted by Gasteiger charge is -2.20. The van der Waals surface area contributed by atoms with E-state index in [0.29, 0.717) is 19.8 Å². The Labute approximate surface area is 156 Å². The Kier molecular flexibility index (Phi) is 8.25. The highest BCUT2D eigenvalue weighted by atomic mass is 16.6. The van der Waals surface area contributed by atoms with E-state index in [-0.39, 0.29) is 18.3 Å². The molecule has 0 spiro atoms. The van der Waals surface area contributed by atoms with Crippen molar-refractivity contribution in [2.24, 2.45) is 0 Å². The number of benzene rings is 2. The minimum absolute atomic E-state index is 0.00953. The van der Waals surface area contributed by atoms with Crippen LogP contribution in [0.2, 0.25) is 0 Å². The third-order valence-corrected chi connectivity index (χ3v) is 3.68. The highest BCUT2D eigenvalue weighted by molar-refractivity contribution is 5.41. The molecular formula is C21H29NO4. The predicted molar refractivity (Wildman–Crippen MR) is 104 cm³/mol. The van der Waals surface area contributed by atoms with Crippen LogP contribution in [0.15, 0.2) is 54.6 Å². The van der Waals surface area contributed by atoms with Crippen molar-refractivity contribution in [1.29, 1.82) is 0 Å². The molecule has 3 unspecified atom stereocenters. The number of anilines is 1. The van der Waals surface area contributed by atoms with Gasteiger partial charge in [-0.05, 0) is 57.2 Å². The average molecular weight is 359 g/mol. The molecule has 0 radical (unpaired) electrons. The van der Waals surface area contributed by atoms with Crippen LogP contribution < -0.4 is 15.2 Å². The first-order chi connectivity index (χ1) is 12.5. The van der Waals surface area contributed by atoms with Gasteiger partial charge in [-0.15, -0.1) is 0 Å². The zero-order valence-electron chi connectivity index (χ0n) is 15.8. The molecule has 2 aromatic rings. The molecule has 0 aliphatic heterocycles. The van der Waals surface area contributed by atoms with Crippen molar-refractivity contribution in [1.82, 2.24) is 0 Å². The molecule has 0 heterocycles. The van der Waals surface area contributed by atoms with E-state index in [9.17, 15) is 0 Å². The van der Waals surface area contributed by atoms with Crippen molar-refractivity contribution in [2.45, 2.75) is 39.1 Å². The lowest BCUT2D eigenvalue weighted by Crippen LogP contribution is -2.28. The third kappa shape index (κ3) is 7.76. The van der Waals surface area contributed by atoms with Crippen molar-refractivity contribution in [2.75, 3.05) is 25.6 Å². The van der Waals surface area contributed by atoms with E-state index in [2.05, 4.69) is 0 Å². The van der Waals surface area contributed by atoms with Gasteiger partial charge in [0.25, 0.3) is 0 Å². The van der Waals surface area contributed by atoms with Crippen molar-refractivity contribution >= 4 is 5.69 Å². The van der Waals surface area contributed by atoms with Gasteiger partial charge >= 0.3 is 0 Å². The normalized spacial score (nSPS) is 14.4. The van der Waals surface area contributed by atoms with Gasteiger partial charge < -0.3 is 24.7 Å². The van der Waals surface area contributed by atoms with E-state index >= 15 is 0 Å². The van der Waals surface area contributed by atoms with Gasteiger partial charge in [-0.3, -0.25) is 0 Å². The molecule has 0 aliphatic rings. The second-order valence-electron chi connectivity index (χ2n) is 6.41. The van der Waals surface area contributed by atoms with Crippen LogP contribution in [0.5, 0.6) is 11.5 Å². The van der Waals surface area contributed by atoms with Gasteiger partial charge in [-0.2, -0.15) is 0 Å². The van der Waals surface area contributed by atoms with Gasteiger partial charge in [0, 0.05) is 5.69 Å². The van der Waals surface area contributed by atoms with Crippen molar-refractivity contribution < 1.29 is 18.9 Å². The van der Waals surface area contributed by atoms with Crippen LogP contribution in [0.4, 0.5) is 5.69 Å². The van der Waals surface area contributed by atoms with Gasteiger partial charge in [0.2, 0.25) is 0 Å². The van der Waals surface area contributed by atoms with Crippen molar-refractivity contribution in [3.63, 3.8) is 0 Å². The Hall–Kier alpha value is -2.24. The van der Waals surface area contributed by atoms with Crippen LogP contribution in [0.25, 0.3) is 0 Å². The summed E-state index contributed by atoms with van der Waals surface area (Å²) in [5.41, 5.74) is 6.38. The van der Waals surface area contributed by atoms with Crippen LogP contribution in [-0.4, -0.2) is 38.1 Å². The molecule has 3 atom stereocenters. The van der Waals surface area contributed by atoms with Gasteiger partial charge in [-0.1, -0.05) is 18.2 Å². The number of rotatable bonds is 11. The first-order valence-electron chi connectivity index (χ1n) is 8.96. The van der Waals surface area contributed by atoms with E-state index < -0.39 is 0 Å². The molecule has 0 saturated carbocycles. The maximum absolute atomic E-state index is 5.80. The molecule has 2 N–H and O–H groups in total. The van der Waals surface area contributed by atoms with E-state index in [4.69, 9.17) is 24.7 Å². The molecule has 0 fully saturated rings. The molecule has 0 aliphatic carbocycles. The van der Waals surface area contributed by atoms with Crippen molar-refractivity contribution in [3.8, 4) is 11.5 Å². The van der Waals surface area contributed by atoms with E-state index in [1.54, 1.807) is 0 Å². The lowest BCUT2D eigenvalue weighted by molar-refractivity contribution is -0.0568. The first kappa shape index (κ1) is 20.1. The third-order valence-electron chi connectivity index (χ3n) is 3.68. The Bertz CT molecular complexity index is 618. The zero-order chi connectivity index (χ0) is 18.8. The van der Waals surface area contributed by atoms with E-state index in [1.807, 2.05) is 75.4 Å². The fourth-order valence-electron chi connectivity index (χ4n) is 2.24. The predicted octanol–water partition coefficient (Wildman–Crippen LogP) is 3.93. The molecule has 2 rings (SSSR count). The molecule has 0 aromatic heterocycles. The highest BCUT2D eigenvalue weighted by Gasteiger charge is 2.11.